The molecule has 0 saturated heterocycles. The molecule has 0 aliphatic heterocycles. The molecule has 2 N–H and O–H groups in total. The number of aromatic nitrogens is 1. The van der Waals surface area contributed by atoms with Gasteiger partial charge in [-0.15, -0.1) is 0 Å². The average Bonchev–Trinajstić information content (AvgIpc) is 3.28. The predicted octanol–water partition coefficient (Wildman–Crippen LogP) is 8.32. The van der Waals surface area contributed by atoms with E-state index in [0.717, 1.165) is 24.0 Å². The van der Waals surface area contributed by atoms with Gasteiger partial charge in [-0.2, -0.15) is 0 Å². The molecule has 222 valence electrons. The van der Waals surface area contributed by atoms with Gasteiger partial charge in [0, 0.05) is 13.2 Å². The van der Waals surface area contributed by atoms with Gasteiger partial charge in [0.2, 0.25) is 0 Å². The quantitative estimate of drug-likeness (QED) is 0.154. The Kier molecular flexibility index (Phi) is 11.4. The largest absolute Gasteiger partial charge is 0.417 e. The van der Waals surface area contributed by atoms with E-state index in [9.17, 15) is 9.59 Å². The van der Waals surface area contributed by atoms with E-state index in [2.05, 4.69) is 44.5 Å². The van der Waals surface area contributed by atoms with Crippen molar-refractivity contribution in [2.24, 2.45) is 0 Å². The molecule has 0 fully saturated rings. The second-order valence-corrected chi connectivity index (χ2v) is 17.2. The molecule has 3 aromatic rings. The van der Waals surface area contributed by atoms with Crippen LogP contribution < -0.4 is 10.6 Å². The number of benzene rings is 2. The van der Waals surface area contributed by atoms with Gasteiger partial charge >= 0.3 is 0 Å². The van der Waals surface area contributed by atoms with E-state index < -0.39 is 8.32 Å². The number of halogens is 1. The van der Waals surface area contributed by atoms with Crippen LogP contribution >= 0.6 is 11.6 Å². The van der Waals surface area contributed by atoms with Crippen molar-refractivity contribution in [1.29, 1.82) is 0 Å². The number of amides is 2. The third-order valence-electron chi connectivity index (χ3n) is 8.13. The Balaban J connectivity index is 1.87. The number of nitrogens with zero attached hydrogens (tertiary/aromatic N) is 1. The van der Waals surface area contributed by atoms with E-state index in [-0.39, 0.29) is 34.1 Å². The Morgan fingerprint density at radius 2 is 1.37 bits per heavy atom. The third kappa shape index (κ3) is 8.34. The highest BCUT2D eigenvalue weighted by Gasteiger charge is 2.37. The van der Waals surface area contributed by atoms with Crippen molar-refractivity contribution in [2.75, 3.05) is 6.61 Å². The first-order valence-electron chi connectivity index (χ1n) is 14.6. The number of hydrogen-bond acceptors (Lipinski definition) is 3. The van der Waals surface area contributed by atoms with Crippen LogP contribution in [0.2, 0.25) is 23.3 Å². The van der Waals surface area contributed by atoms with E-state index >= 15 is 0 Å². The lowest BCUT2D eigenvalue weighted by Crippen LogP contribution is -2.41. The van der Waals surface area contributed by atoms with Crippen LogP contribution in [-0.2, 0) is 11.0 Å². The molecule has 0 aliphatic rings. The summed E-state index contributed by atoms with van der Waals surface area (Å²) in [6.07, 6.45) is 2.12. The number of hydrogen-bond donors (Lipinski definition) is 2. The zero-order valence-electron chi connectivity index (χ0n) is 25.6. The number of carbonyl (C=O) groups is 2. The summed E-state index contributed by atoms with van der Waals surface area (Å²) in [5.74, 6) is -0.562. The molecular weight excluding hydrogens is 550 g/mol. The Bertz CT molecular complexity index is 1290. The number of rotatable bonds is 13. The first-order chi connectivity index (χ1) is 19.4. The van der Waals surface area contributed by atoms with E-state index in [1.165, 1.54) is 0 Å². The molecule has 8 heteroatoms. The van der Waals surface area contributed by atoms with Crippen LogP contribution in [0.25, 0.3) is 0 Å². The average molecular weight is 596 g/mol. The van der Waals surface area contributed by atoms with Gasteiger partial charge in [0.15, 0.2) is 8.32 Å². The minimum atomic E-state index is -1.91. The van der Waals surface area contributed by atoms with Gasteiger partial charge in [-0.1, -0.05) is 107 Å². The molecular formula is C33H46ClN3O3Si. The summed E-state index contributed by atoms with van der Waals surface area (Å²) in [7, 11) is -1.91. The molecule has 1 aromatic heterocycles. The molecule has 0 aliphatic carbocycles. The molecule has 0 bridgehead atoms. The van der Waals surface area contributed by atoms with E-state index in [1.54, 1.807) is 10.6 Å². The first kappa shape index (κ1) is 32.6. The van der Waals surface area contributed by atoms with E-state index in [4.69, 9.17) is 16.0 Å². The van der Waals surface area contributed by atoms with Gasteiger partial charge in [0.05, 0.1) is 17.6 Å². The molecule has 2 atom stereocenters. The molecule has 1 heterocycles. The maximum absolute atomic E-state index is 13.7. The highest BCUT2D eigenvalue weighted by atomic mass is 35.5. The third-order valence-corrected chi connectivity index (χ3v) is 13.1. The van der Waals surface area contributed by atoms with Crippen LogP contribution in [0.4, 0.5) is 0 Å². The van der Waals surface area contributed by atoms with Crippen molar-refractivity contribution in [2.45, 2.75) is 90.6 Å². The van der Waals surface area contributed by atoms with Crippen LogP contribution in [0.15, 0.2) is 66.7 Å². The summed E-state index contributed by atoms with van der Waals surface area (Å²) in [5, 5.41) is 6.64. The lowest BCUT2D eigenvalue weighted by atomic mass is 10.0. The summed E-state index contributed by atoms with van der Waals surface area (Å²) in [5.41, 5.74) is 2.72. The highest BCUT2D eigenvalue weighted by molar-refractivity contribution is 6.74. The van der Waals surface area contributed by atoms with Crippen LogP contribution in [-0.4, -0.2) is 31.3 Å². The lowest BCUT2D eigenvalue weighted by Gasteiger charge is -2.36. The number of nitrogens with one attached hydrogen (secondary N) is 2. The Hall–Kier alpha value is -2.87. The van der Waals surface area contributed by atoms with E-state index in [0.29, 0.717) is 30.8 Å². The second-order valence-electron chi connectivity index (χ2n) is 12.0. The molecule has 6 nitrogen and oxygen atoms in total. The lowest BCUT2D eigenvalue weighted by molar-refractivity contribution is 0.0923. The summed E-state index contributed by atoms with van der Waals surface area (Å²) in [6.45, 7) is 16.2. The molecule has 2 aromatic carbocycles. The van der Waals surface area contributed by atoms with Gasteiger partial charge in [-0.25, -0.2) is 0 Å². The minimum absolute atomic E-state index is 0.107. The van der Waals surface area contributed by atoms with Crippen molar-refractivity contribution in [3.63, 3.8) is 0 Å². The monoisotopic (exact) mass is 595 g/mol. The fourth-order valence-corrected chi connectivity index (χ4v) is 5.94. The maximum atomic E-state index is 13.7. The Morgan fingerprint density at radius 3 is 1.83 bits per heavy atom. The van der Waals surface area contributed by atoms with Crippen LogP contribution in [0.1, 0.15) is 97.9 Å². The summed E-state index contributed by atoms with van der Waals surface area (Å²) < 4.78 is 8.12. The summed E-state index contributed by atoms with van der Waals surface area (Å²) in [4.78, 5) is 27.2. The number of carbonyl (C=O) groups excluding carboxylic acids is 2. The van der Waals surface area contributed by atoms with E-state index in [1.807, 2.05) is 74.5 Å². The van der Waals surface area contributed by atoms with Gasteiger partial charge in [-0.05, 0) is 54.6 Å². The molecule has 2 amide bonds. The van der Waals surface area contributed by atoms with Crippen molar-refractivity contribution < 1.29 is 14.0 Å². The van der Waals surface area contributed by atoms with Gasteiger partial charge in [0.1, 0.15) is 10.8 Å². The zero-order chi connectivity index (χ0) is 30.2. The molecule has 0 spiro atoms. The van der Waals surface area contributed by atoms with Crippen LogP contribution in [0, 0.1) is 0 Å². The van der Waals surface area contributed by atoms with Crippen LogP contribution in [0.5, 0.6) is 0 Å². The van der Waals surface area contributed by atoms with Gasteiger partial charge < -0.3 is 19.6 Å². The first-order valence-corrected chi connectivity index (χ1v) is 17.9. The Labute approximate surface area is 252 Å². The molecule has 0 saturated carbocycles. The highest BCUT2D eigenvalue weighted by Crippen LogP contribution is 2.36. The summed E-state index contributed by atoms with van der Waals surface area (Å²) in [6, 6.07) is 21.1. The topological polar surface area (TPSA) is 72.4 Å². The predicted molar refractivity (Wildman–Crippen MR) is 171 cm³/mol. The van der Waals surface area contributed by atoms with Gasteiger partial charge in [0.25, 0.3) is 11.8 Å². The smallest absolute Gasteiger partial charge is 0.268 e. The molecule has 3 rings (SSSR count). The van der Waals surface area contributed by atoms with Crippen molar-refractivity contribution >= 4 is 31.7 Å². The minimum Gasteiger partial charge on any atom is -0.417 e. The zero-order valence-corrected chi connectivity index (χ0v) is 27.3. The summed E-state index contributed by atoms with van der Waals surface area (Å²) >= 11 is 6.86. The Morgan fingerprint density at radius 1 is 0.878 bits per heavy atom. The fraction of sp³-hybridized carbons (Fsp3) is 0.455. The van der Waals surface area contributed by atoms with Crippen molar-refractivity contribution in [3.05, 3.63) is 94.3 Å². The second kappa shape index (κ2) is 14.3. The normalized spacial score (nSPS) is 13.5. The SMILES string of the molecule is CC[C@@H](NC(=O)c1cc(C(=O)N[C@H](CC)c2ccccc2)n(CCCO[Si](C)(C)C(C)(C)C)c1Cl)c1ccccc1. The molecule has 0 radical (unpaired) electrons. The standard InChI is InChI=1S/C33H46ClN3O3Si/c1-8-27(24-17-12-10-13-18-24)35-31(38)26-23-29(32(39)36-28(9-2)25-19-14-11-15-20-25)37(30(26)34)21-16-22-40-41(6,7)33(3,4)5/h10-15,17-20,23,27-28H,8-9,16,21-22H2,1-7H3,(H,35,38)(H,36,39)/t27-,28-/m1/s1. The molecule has 41 heavy (non-hydrogen) atoms. The molecule has 0 unspecified atom stereocenters. The van der Waals surface area contributed by atoms with Crippen molar-refractivity contribution in [3.8, 4) is 0 Å². The van der Waals surface area contributed by atoms with Crippen molar-refractivity contribution in [1.82, 2.24) is 15.2 Å². The fourth-order valence-electron chi connectivity index (χ4n) is 4.54. The maximum Gasteiger partial charge on any atom is 0.268 e. The van der Waals surface area contributed by atoms with Crippen LogP contribution in [0.3, 0.4) is 0 Å². The van der Waals surface area contributed by atoms with Gasteiger partial charge in [-0.3, -0.25) is 9.59 Å².